The first kappa shape index (κ1) is 16.5. The van der Waals surface area contributed by atoms with Crippen LogP contribution in [-0.4, -0.2) is 23.2 Å². The molecule has 1 aromatic carbocycles. The molecule has 126 valence electrons. The zero-order valence-corrected chi connectivity index (χ0v) is 13.9. The van der Waals surface area contributed by atoms with Crippen LogP contribution < -0.4 is 5.32 Å². The quantitative estimate of drug-likeness (QED) is 0.809. The van der Waals surface area contributed by atoms with E-state index in [9.17, 15) is 9.90 Å². The Bertz CT molecular complexity index is 490. The van der Waals surface area contributed by atoms with Crippen LogP contribution in [0.1, 0.15) is 56.9 Å². The van der Waals surface area contributed by atoms with Gasteiger partial charge in [-0.15, -0.1) is 0 Å². The highest BCUT2D eigenvalue weighted by molar-refractivity contribution is 5.76. The number of nitrogens with one attached hydrogen (secondary N) is 1. The molecule has 1 amide bonds. The molecule has 0 aromatic heterocycles. The molecule has 0 bridgehead atoms. The number of hydrogen-bond donors (Lipinski definition) is 2. The highest BCUT2D eigenvalue weighted by Gasteiger charge is 2.34. The van der Waals surface area contributed by atoms with Crippen molar-refractivity contribution in [1.29, 1.82) is 0 Å². The number of carbonyl (C=O) groups excluding carboxylic acids is 1. The van der Waals surface area contributed by atoms with E-state index in [1.807, 2.05) is 18.2 Å². The Morgan fingerprint density at radius 2 is 1.87 bits per heavy atom. The lowest BCUT2D eigenvalue weighted by Crippen LogP contribution is -2.48. The summed E-state index contributed by atoms with van der Waals surface area (Å²) in [5, 5.41) is 12.9. The number of amides is 1. The maximum absolute atomic E-state index is 12.4. The molecule has 23 heavy (non-hydrogen) atoms. The first-order valence-electron chi connectivity index (χ1n) is 9.22. The lowest BCUT2D eigenvalue weighted by Gasteiger charge is -2.38. The molecule has 2 fully saturated rings. The summed E-state index contributed by atoms with van der Waals surface area (Å²) in [7, 11) is 0. The van der Waals surface area contributed by atoms with Gasteiger partial charge < -0.3 is 10.4 Å². The van der Waals surface area contributed by atoms with Crippen molar-refractivity contribution in [2.75, 3.05) is 0 Å². The predicted molar refractivity (Wildman–Crippen MR) is 92.0 cm³/mol. The molecule has 3 nitrogen and oxygen atoms in total. The summed E-state index contributed by atoms with van der Waals surface area (Å²) >= 11 is 0. The molecule has 0 heterocycles. The normalized spacial score (nSPS) is 25.8. The standard InChI is InChI=1S/C20H29NO2/c22-18-13-17(14-18)19(12-16-8-2-1-3-9-16)21-20(23)11-10-15-6-4-5-7-15/h1-3,8-9,15,17-19,22H,4-7,10-14H2,(H,21,23). The first-order valence-corrected chi connectivity index (χ1v) is 9.22. The summed E-state index contributed by atoms with van der Waals surface area (Å²) < 4.78 is 0. The topological polar surface area (TPSA) is 49.3 Å². The number of rotatable bonds is 7. The van der Waals surface area contributed by atoms with Crippen LogP contribution >= 0.6 is 0 Å². The number of carbonyl (C=O) groups is 1. The van der Waals surface area contributed by atoms with Gasteiger partial charge in [0.2, 0.25) is 5.91 Å². The minimum atomic E-state index is -0.173. The van der Waals surface area contributed by atoms with Crippen LogP contribution in [0.25, 0.3) is 0 Å². The highest BCUT2D eigenvalue weighted by Crippen LogP contribution is 2.32. The molecule has 0 saturated heterocycles. The molecule has 3 heteroatoms. The molecule has 2 saturated carbocycles. The van der Waals surface area contributed by atoms with Crippen molar-refractivity contribution in [3.8, 4) is 0 Å². The van der Waals surface area contributed by atoms with Gasteiger partial charge >= 0.3 is 0 Å². The second kappa shape index (κ2) is 7.96. The molecule has 0 spiro atoms. The molecule has 3 rings (SSSR count). The molecule has 2 N–H and O–H groups in total. The van der Waals surface area contributed by atoms with E-state index in [1.165, 1.54) is 31.2 Å². The minimum absolute atomic E-state index is 0.164. The molecule has 1 unspecified atom stereocenters. The average molecular weight is 315 g/mol. The number of aliphatic hydroxyl groups is 1. The Morgan fingerprint density at radius 3 is 2.52 bits per heavy atom. The first-order chi connectivity index (χ1) is 11.2. The SMILES string of the molecule is O=C(CCC1CCCC1)NC(Cc1ccccc1)C1CC(O)C1. The van der Waals surface area contributed by atoms with Crippen LogP contribution in [0.2, 0.25) is 0 Å². The molecule has 1 atom stereocenters. The van der Waals surface area contributed by atoms with Gasteiger partial charge in [0.25, 0.3) is 0 Å². The van der Waals surface area contributed by atoms with Gasteiger partial charge in [0.15, 0.2) is 0 Å². The molecular weight excluding hydrogens is 286 g/mol. The fraction of sp³-hybridized carbons (Fsp3) is 0.650. The molecule has 1 aromatic rings. The largest absolute Gasteiger partial charge is 0.393 e. The van der Waals surface area contributed by atoms with Crippen LogP contribution in [-0.2, 0) is 11.2 Å². The third-order valence-corrected chi connectivity index (χ3v) is 5.62. The van der Waals surface area contributed by atoms with Gasteiger partial charge in [-0.05, 0) is 43.1 Å². The minimum Gasteiger partial charge on any atom is -0.393 e. The van der Waals surface area contributed by atoms with Gasteiger partial charge in [-0.3, -0.25) is 4.79 Å². The van der Waals surface area contributed by atoms with Crippen LogP contribution in [0.4, 0.5) is 0 Å². The van der Waals surface area contributed by atoms with Gasteiger partial charge in [-0.2, -0.15) is 0 Å². The van der Waals surface area contributed by atoms with Crippen LogP contribution in [0.15, 0.2) is 30.3 Å². The maximum atomic E-state index is 12.4. The molecule has 2 aliphatic carbocycles. The van der Waals surface area contributed by atoms with E-state index in [0.29, 0.717) is 12.3 Å². The second-order valence-electron chi connectivity index (χ2n) is 7.44. The lowest BCUT2D eigenvalue weighted by atomic mass is 9.75. The fourth-order valence-electron chi connectivity index (χ4n) is 4.08. The highest BCUT2D eigenvalue weighted by atomic mass is 16.3. The second-order valence-corrected chi connectivity index (χ2v) is 7.44. The third kappa shape index (κ3) is 4.81. The van der Waals surface area contributed by atoms with E-state index in [1.54, 1.807) is 0 Å². The van der Waals surface area contributed by atoms with Crippen molar-refractivity contribution in [1.82, 2.24) is 5.32 Å². The van der Waals surface area contributed by atoms with Gasteiger partial charge in [0.05, 0.1) is 6.10 Å². The van der Waals surface area contributed by atoms with Crippen LogP contribution in [0.5, 0.6) is 0 Å². The van der Waals surface area contributed by atoms with Crippen molar-refractivity contribution in [2.24, 2.45) is 11.8 Å². The monoisotopic (exact) mass is 315 g/mol. The average Bonchev–Trinajstić information content (AvgIpc) is 3.04. The lowest BCUT2D eigenvalue weighted by molar-refractivity contribution is -0.123. The number of hydrogen-bond acceptors (Lipinski definition) is 2. The third-order valence-electron chi connectivity index (χ3n) is 5.62. The van der Waals surface area contributed by atoms with E-state index in [2.05, 4.69) is 17.4 Å². The number of benzene rings is 1. The van der Waals surface area contributed by atoms with Crippen molar-refractivity contribution < 1.29 is 9.90 Å². The summed E-state index contributed by atoms with van der Waals surface area (Å²) in [6.45, 7) is 0. The summed E-state index contributed by atoms with van der Waals surface area (Å²) in [6.07, 6.45) is 9.31. The number of aliphatic hydroxyl groups excluding tert-OH is 1. The van der Waals surface area contributed by atoms with Gasteiger partial charge in [0.1, 0.15) is 0 Å². The van der Waals surface area contributed by atoms with Gasteiger partial charge in [-0.1, -0.05) is 56.0 Å². The Hall–Kier alpha value is -1.35. The Kier molecular flexibility index (Phi) is 5.71. The molecular formula is C20H29NO2. The molecule has 2 aliphatic rings. The molecule has 0 radical (unpaired) electrons. The maximum Gasteiger partial charge on any atom is 0.220 e. The smallest absolute Gasteiger partial charge is 0.220 e. The van der Waals surface area contributed by atoms with E-state index >= 15 is 0 Å². The summed E-state index contributed by atoms with van der Waals surface area (Å²) in [6, 6.07) is 10.5. The van der Waals surface area contributed by atoms with Crippen LogP contribution in [0.3, 0.4) is 0 Å². The van der Waals surface area contributed by atoms with E-state index < -0.39 is 0 Å². The van der Waals surface area contributed by atoms with Gasteiger partial charge in [-0.25, -0.2) is 0 Å². The van der Waals surface area contributed by atoms with Crippen molar-refractivity contribution >= 4 is 5.91 Å². The van der Waals surface area contributed by atoms with Crippen molar-refractivity contribution in [3.63, 3.8) is 0 Å². The fourth-order valence-corrected chi connectivity index (χ4v) is 4.08. The zero-order chi connectivity index (χ0) is 16.1. The van der Waals surface area contributed by atoms with E-state index in [0.717, 1.165) is 31.6 Å². The van der Waals surface area contributed by atoms with E-state index in [-0.39, 0.29) is 18.1 Å². The van der Waals surface area contributed by atoms with Gasteiger partial charge in [0, 0.05) is 12.5 Å². The van der Waals surface area contributed by atoms with Crippen molar-refractivity contribution in [3.05, 3.63) is 35.9 Å². The molecule has 0 aliphatic heterocycles. The zero-order valence-electron chi connectivity index (χ0n) is 13.9. The Balaban J connectivity index is 1.51. The summed E-state index contributed by atoms with van der Waals surface area (Å²) in [5.41, 5.74) is 1.26. The Morgan fingerprint density at radius 1 is 1.17 bits per heavy atom. The van der Waals surface area contributed by atoms with Crippen LogP contribution in [0, 0.1) is 11.8 Å². The summed E-state index contributed by atoms with van der Waals surface area (Å²) in [4.78, 5) is 12.4. The van der Waals surface area contributed by atoms with E-state index in [4.69, 9.17) is 0 Å². The summed E-state index contributed by atoms with van der Waals surface area (Å²) in [5.74, 6) is 1.37. The Labute approximate surface area is 139 Å². The predicted octanol–water partition coefficient (Wildman–Crippen LogP) is 3.46. The van der Waals surface area contributed by atoms with Crippen molar-refractivity contribution in [2.45, 2.75) is 69.9 Å².